The molecule has 10 heteroatoms. The minimum atomic E-state index is -3.88. The lowest BCUT2D eigenvalue weighted by atomic mass is 9.99. The number of carbonyl (C=O) groups is 1. The number of aryl methyl sites for hydroxylation is 1. The summed E-state index contributed by atoms with van der Waals surface area (Å²) in [5.41, 5.74) is 0.297. The second-order valence-corrected chi connectivity index (χ2v) is 10.1. The van der Waals surface area contributed by atoms with Crippen LogP contribution in [0.1, 0.15) is 29.2 Å². The molecular weight excluding hydrogens is 436 g/mol. The highest BCUT2D eigenvalue weighted by molar-refractivity contribution is 7.89. The average molecular weight is 459 g/mol. The number of sulfonamides is 1. The lowest BCUT2D eigenvalue weighted by Gasteiger charge is -2.31. The molecule has 3 aromatic heterocycles. The maximum atomic E-state index is 13.4. The molecule has 31 heavy (non-hydrogen) atoms. The summed E-state index contributed by atoms with van der Waals surface area (Å²) in [6, 6.07) is 9.07. The molecule has 0 saturated carbocycles. The number of aromatic nitrogens is 2. The first-order valence-electron chi connectivity index (χ1n) is 9.85. The predicted octanol–water partition coefficient (Wildman–Crippen LogP) is 3.65. The molecule has 4 rings (SSSR count). The van der Waals surface area contributed by atoms with E-state index < -0.39 is 15.9 Å². The highest BCUT2D eigenvalue weighted by atomic mass is 32.2. The van der Waals surface area contributed by atoms with Gasteiger partial charge in [-0.25, -0.2) is 13.4 Å². The number of amides is 1. The van der Waals surface area contributed by atoms with Crippen molar-refractivity contribution in [2.24, 2.45) is 5.92 Å². The van der Waals surface area contributed by atoms with Gasteiger partial charge in [-0.2, -0.15) is 4.31 Å². The summed E-state index contributed by atoms with van der Waals surface area (Å²) in [4.78, 5) is 17.8. The molecule has 4 heterocycles. The molecule has 162 valence electrons. The van der Waals surface area contributed by atoms with Gasteiger partial charge in [-0.15, -0.1) is 11.3 Å². The van der Waals surface area contributed by atoms with Crippen LogP contribution in [0.2, 0.25) is 0 Å². The summed E-state index contributed by atoms with van der Waals surface area (Å²) in [5.74, 6) is -0.0661. The highest BCUT2D eigenvalue weighted by Gasteiger charge is 2.37. The van der Waals surface area contributed by atoms with E-state index >= 15 is 0 Å². The average Bonchev–Trinajstić information content (AvgIpc) is 3.42. The predicted molar refractivity (Wildman–Crippen MR) is 119 cm³/mol. The van der Waals surface area contributed by atoms with Gasteiger partial charge in [0.05, 0.1) is 5.92 Å². The van der Waals surface area contributed by atoms with Gasteiger partial charge in [-0.1, -0.05) is 17.3 Å². The minimum Gasteiger partial charge on any atom is -0.355 e. The Morgan fingerprint density at radius 1 is 1.29 bits per heavy atom. The Bertz CT molecular complexity index is 1170. The Balaban J connectivity index is 1.53. The quantitative estimate of drug-likeness (QED) is 0.604. The summed E-state index contributed by atoms with van der Waals surface area (Å²) in [6.45, 7) is 2.04. The van der Waals surface area contributed by atoms with Gasteiger partial charge in [0.1, 0.15) is 11.5 Å². The zero-order chi connectivity index (χ0) is 21.8. The number of piperidine rings is 1. The van der Waals surface area contributed by atoms with Crippen LogP contribution < -0.4 is 5.32 Å². The van der Waals surface area contributed by atoms with E-state index in [0.29, 0.717) is 30.9 Å². The molecule has 0 radical (unpaired) electrons. The Morgan fingerprint density at radius 2 is 2.16 bits per heavy atom. The largest absolute Gasteiger partial charge is 0.355 e. The molecule has 0 aromatic carbocycles. The first-order valence-corrected chi connectivity index (χ1v) is 12.2. The SMILES string of the molecule is Cc1noc(/C=C/c2cccs2)c1S(=O)(=O)N1CCCC(C(=O)Nc2ccccn2)C1. The summed E-state index contributed by atoms with van der Waals surface area (Å²) in [7, 11) is -3.88. The van der Waals surface area contributed by atoms with E-state index in [1.165, 1.54) is 15.6 Å². The van der Waals surface area contributed by atoms with Gasteiger partial charge in [-0.05, 0) is 55.5 Å². The van der Waals surface area contributed by atoms with Gasteiger partial charge in [-0.3, -0.25) is 4.79 Å². The van der Waals surface area contributed by atoms with Gasteiger partial charge < -0.3 is 9.84 Å². The third kappa shape index (κ3) is 4.76. The van der Waals surface area contributed by atoms with Crippen molar-refractivity contribution in [1.29, 1.82) is 0 Å². The number of nitrogens with one attached hydrogen (secondary N) is 1. The second kappa shape index (κ2) is 9.13. The molecule has 1 unspecified atom stereocenters. The molecule has 3 aromatic rings. The van der Waals surface area contributed by atoms with Gasteiger partial charge in [0.25, 0.3) is 0 Å². The van der Waals surface area contributed by atoms with Crippen molar-refractivity contribution in [2.75, 3.05) is 18.4 Å². The Hall–Kier alpha value is -2.82. The fourth-order valence-corrected chi connectivity index (χ4v) is 5.90. The van der Waals surface area contributed by atoms with Crippen molar-refractivity contribution >= 4 is 45.2 Å². The fourth-order valence-electron chi connectivity index (χ4n) is 3.51. The molecule has 1 aliphatic rings. The van der Waals surface area contributed by atoms with Crippen LogP contribution in [0.25, 0.3) is 12.2 Å². The second-order valence-electron chi connectivity index (χ2n) is 7.22. The third-order valence-corrected chi connectivity index (χ3v) is 7.91. The smallest absolute Gasteiger partial charge is 0.248 e. The van der Waals surface area contributed by atoms with Crippen molar-refractivity contribution in [3.63, 3.8) is 0 Å². The Labute approximate surface area is 184 Å². The maximum absolute atomic E-state index is 13.4. The maximum Gasteiger partial charge on any atom is 0.248 e. The van der Waals surface area contributed by atoms with E-state index in [4.69, 9.17) is 4.52 Å². The molecule has 1 N–H and O–H groups in total. The number of carbonyl (C=O) groups excluding carboxylic acids is 1. The topological polar surface area (TPSA) is 105 Å². The first-order chi connectivity index (χ1) is 14.9. The van der Waals surface area contributed by atoms with E-state index in [2.05, 4.69) is 15.5 Å². The zero-order valence-corrected chi connectivity index (χ0v) is 18.5. The number of hydrogen-bond acceptors (Lipinski definition) is 7. The minimum absolute atomic E-state index is 0.0473. The zero-order valence-electron chi connectivity index (χ0n) is 16.9. The van der Waals surface area contributed by atoms with Gasteiger partial charge >= 0.3 is 0 Å². The van der Waals surface area contributed by atoms with E-state index in [1.54, 1.807) is 43.5 Å². The van der Waals surface area contributed by atoms with Crippen LogP contribution >= 0.6 is 11.3 Å². The third-order valence-electron chi connectivity index (χ3n) is 5.04. The molecular formula is C21H22N4O4S2. The molecule has 1 fully saturated rings. The normalized spacial score (nSPS) is 17.8. The summed E-state index contributed by atoms with van der Waals surface area (Å²) < 4.78 is 33.5. The first kappa shape index (κ1) is 21.4. The summed E-state index contributed by atoms with van der Waals surface area (Å²) in [6.07, 6.45) is 6.20. The van der Waals surface area contributed by atoms with Gasteiger partial charge in [0, 0.05) is 24.2 Å². The van der Waals surface area contributed by atoms with E-state index in [0.717, 1.165) is 4.88 Å². The van der Waals surface area contributed by atoms with Crippen molar-refractivity contribution in [1.82, 2.24) is 14.4 Å². The van der Waals surface area contributed by atoms with Crippen molar-refractivity contribution in [3.05, 3.63) is 58.2 Å². The number of anilines is 1. The Morgan fingerprint density at radius 3 is 2.90 bits per heavy atom. The molecule has 8 nitrogen and oxygen atoms in total. The monoisotopic (exact) mass is 458 g/mol. The van der Waals surface area contributed by atoms with Crippen LogP contribution in [-0.2, 0) is 14.8 Å². The molecule has 0 bridgehead atoms. The van der Waals surface area contributed by atoms with E-state index in [-0.39, 0.29) is 23.1 Å². The fraction of sp³-hybridized carbons (Fsp3) is 0.286. The Kier molecular flexibility index (Phi) is 6.30. The van der Waals surface area contributed by atoms with E-state index in [1.807, 2.05) is 17.5 Å². The summed E-state index contributed by atoms with van der Waals surface area (Å²) >= 11 is 1.54. The number of hydrogen-bond donors (Lipinski definition) is 1. The van der Waals surface area contributed by atoms with Gasteiger partial charge in [0.2, 0.25) is 15.9 Å². The van der Waals surface area contributed by atoms with Gasteiger partial charge in [0.15, 0.2) is 10.7 Å². The number of rotatable bonds is 6. The molecule has 1 saturated heterocycles. The van der Waals surface area contributed by atoms with Crippen LogP contribution in [0.3, 0.4) is 0 Å². The van der Waals surface area contributed by atoms with Crippen LogP contribution in [0.4, 0.5) is 5.82 Å². The van der Waals surface area contributed by atoms with Crippen molar-refractivity contribution in [2.45, 2.75) is 24.7 Å². The molecule has 0 aliphatic carbocycles. The lowest BCUT2D eigenvalue weighted by molar-refractivity contribution is -0.120. The van der Waals surface area contributed by atoms with Crippen molar-refractivity contribution in [3.8, 4) is 0 Å². The van der Waals surface area contributed by atoms with Crippen LogP contribution in [0, 0.1) is 12.8 Å². The molecule has 0 spiro atoms. The lowest BCUT2D eigenvalue weighted by Crippen LogP contribution is -2.44. The number of pyridine rings is 1. The number of thiophene rings is 1. The standard InChI is InChI=1S/C21H22N4O4S2/c1-15-20(18(29-24-15)10-9-17-7-5-13-30-17)31(27,28)25-12-4-6-16(14-25)21(26)23-19-8-2-3-11-22-19/h2-3,5,7-11,13,16H,4,6,12,14H2,1H3,(H,22,23,26)/b10-9+. The van der Waals surface area contributed by atoms with Crippen LogP contribution in [-0.4, -0.2) is 41.9 Å². The molecule has 1 aliphatic heterocycles. The molecule has 1 atom stereocenters. The van der Waals surface area contributed by atoms with Crippen molar-refractivity contribution < 1.29 is 17.7 Å². The summed E-state index contributed by atoms with van der Waals surface area (Å²) in [5, 5.41) is 8.57. The van der Waals surface area contributed by atoms with E-state index in [9.17, 15) is 13.2 Å². The van der Waals surface area contributed by atoms with Crippen LogP contribution in [0.15, 0.2) is 51.3 Å². The highest BCUT2D eigenvalue weighted by Crippen LogP contribution is 2.30. The van der Waals surface area contributed by atoms with Crippen LogP contribution in [0.5, 0.6) is 0 Å². The number of nitrogens with zero attached hydrogens (tertiary/aromatic N) is 3. The molecule has 1 amide bonds.